The number of non-ortho nitro benzene ring substituents is 1. The van der Waals surface area contributed by atoms with Crippen LogP contribution < -0.4 is 5.32 Å². The molecule has 2 rings (SSSR count). The van der Waals surface area contributed by atoms with Gasteiger partial charge >= 0.3 is 11.9 Å². The summed E-state index contributed by atoms with van der Waals surface area (Å²) in [6.07, 6.45) is -0.00686. The van der Waals surface area contributed by atoms with E-state index in [4.69, 9.17) is 0 Å². The van der Waals surface area contributed by atoms with Crippen molar-refractivity contribution < 1.29 is 28.8 Å². The molecule has 164 valence electrons. The highest BCUT2D eigenvalue weighted by Gasteiger charge is 2.29. The average molecular weight is 428 g/mol. The molecule has 2 aromatic carbocycles. The monoisotopic (exact) mass is 428 g/mol. The Hall–Kier alpha value is -3.75. The van der Waals surface area contributed by atoms with Crippen LogP contribution in [0, 0.1) is 16.0 Å². The Bertz CT molecular complexity index is 914. The number of benzene rings is 2. The Morgan fingerprint density at radius 2 is 1.65 bits per heavy atom. The second-order valence-corrected chi connectivity index (χ2v) is 6.80. The highest BCUT2D eigenvalue weighted by molar-refractivity contribution is 5.95. The number of anilines is 1. The maximum atomic E-state index is 12.7. The number of ether oxygens (including phenoxy) is 2. The molecule has 0 saturated carbocycles. The molecule has 0 saturated heterocycles. The molecular formula is C22H24N2O7. The summed E-state index contributed by atoms with van der Waals surface area (Å²) >= 11 is 0. The van der Waals surface area contributed by atoms with Crippen LogP contribution in [0.3, 0.4) is 0 Å². The highest BCUT2D eigenvalue weighted by Crippen LogP contribution is 2.26. The summed E-state index contributed by atoms with van der Waals surface area (Å²) in [4.78, 5) is 46.8. The van der Waals surface area contributed by atoms with Crippen molar-refractivity contribution in [2.75, 3.05) is 19.5 Å². The van der Waals surface area contributed by atoms with Crippen LogP contribution in [0.5, 0.6) is 0 Å². The number of ketones is 1. The number of Topliss-reactive ketones (excluding diaryl/α,β-unsaturated/α-hetero) is 1. The van der Waals surface area contributed by atoms with Crippen LogP contribution in [0.4, 0.5) is 11.4 Å². The minimum Gasteiger partial charge on any atom is -0.468 e. The Kier molecular flexibility index (Phi) is 8.68. The van der Waals surface area contributed by atoms with Gasteiger partial charge < -0.3 is 14.8 Å². The summed E-state index contributed by atoms with van der Waals surface area (Å²) in [5.74, 6) is -2.87. The standard InChI is InChI=1S/C22H24N2O7/c1-30-21(26)19(22(27)31-2)12-11-18(25)14-20(15-7-4-3-5-8-15)23-16-9-6-10-17(13-16)24(28)29/h3-10,13,19-20,23H,11-12,14H2,1-2H3. The molecule has 0 bridgehead atoms. The molecule has 0 radical (unpaired) electrons. The first-order valence-corrected chi connectivity index (χ1v) is 9.59. The molecular weight excluding hydrogens is 404 g/mol. The lowest BCUT2D eigenvalue weighted by molar-refractivity contribution is -0.384. The molecule has 0 aromatic heterocycles. The molecule has 0 aliphatic rings. The number of hydrogen-bond donors (Lipinski definition) is 1. The van der Waals surface area contributed by atoms with Gasteiger partial charge in [-0.3, -0.25) is 24.5 Å². The van der Waals surface area contributed by atoms with E-state index in [1.807, 2.05) is 30.3 Å². The fourth-order valence-electron chi connectivity index (χ4n) is 3.10. The number of rotatable bonds is 11. The number of hydrogen-bond acceptors (Lipinski definition) is 8. The number of nitrogens with one attached hydrogen (secondary N) is 1. The lowest BCUT2D eigenvalue weighted by Gasteiger charge is -2.20. The SMILES string of the molecule is COC(=O)C(CCC(=O)CC(Nc1cccc([N+](=O)[O-])c1)c1ccccc1)C(=O)OC. The van der Waals surface area contributed by atoms with Gasteiger partial charge in [0.05, 0.1) is 25.2 Å². The lowest BCUT2D eigenvalue weighted by Crippen LogP contribution is -2.27. The number of carbonyl (C=O) groups is 3. The second kappa shape index (κ2) is 11.4. The summed E-state index contributed by atoms with van der Waals surface area (Å²) in [6.45, 7) is 0. The van der Waals surface area contributed by atoms with Crippen molar-refractivity contribution >= 4 is 29.1 Å². The molecule has 0 aliphatic heterocycles. The molecule has 0 heterocycles. The summed E-state index contributed by atoms with van der Waals surface area (Å²) in [5.41, 5.74) is 1.25. The number of nitrogens with zero attached hydrogens (tertiary/aromatic N) is 1. The normalized spacial score (nSPS) is 11.5. The van der Waals surface area contributed by atoms with Crippen molar-refractivity contribution in [1.82, 2.24) is 0 Å². The number of nitro benzene ring substituents is 1. The van der Waals surface area contributed by atoms with E-state index in [1.54, 1.807) is 12.1 Å². The minimum absolute atomic E-state index is 0.0313. The van der Waals surface area contributed by atoms with Crippen LogP contribution in [-0.2, 0) is 23.9 Å². The van der Waals surface area contributed by atoms with Gasteiger partial charge in [-0.2, -0.15) is 0 Å². The third-order valence-corrected chi connectivity index (χ3v) is 4.71. The molecule has 9 heteroatoms. The Balaban J connectivity index is 2.13. The molecule has 1 unspecified atom stereocenters. The van der Waals surface area contributed by atoms with Crippen molar-refractivity contribution in [3.63, 3.8) is 0 Å². The van der Waals surface area contributed by atoms with Crippen molar-refractivity contribution in [2.45, 2.75) is 25.3 Å². The predicted molar refractivity (Wildman–Crippen MR) is 112 cm³/mol. The van der Waals surface area contributed by atoms with E-state index in [1.165, 1.54) is 12.1 Å². The molecule has 0 fully saturated rings. The first kappa shape index (κ1) is 23.5. The largest absolute Gasteiger partial charge is 0.468 e. The van der Waals surface area contributed by atoms with Gasteiger partial charge in [-0.15, -0.1) is 0 Å². The second-order valence-electron chi connectivity index (χ2n) is 6.80. The first-order chi connectivity index (χ1) is 14.8. The Morgan fingerprint density at radius 3 is 2.23 bits per heavy atom. The number of carbonyl (C=O) groups excluding carboxylic acids is 3. The summed E-state index contributed by atoms with van der Waals surface area (Å²) in [6, 6.07) is 14.7. The van der Waals surface area contributed by atoms with E-state index in [0.717, 1.165) is 19.8 Å². The van der Waals surface area contributed by atoms with E-state index in [2.05, 4.69) is 14.8 Å². The van der Waals surface area contributed by atoms with Crippen molar-refractivity contribution in [3.05, 3.63) is 70.3 Å². The molecule has 31 heavy (non-hydrogen) atoms. The number of methoxy groups -OCH3 is 2. The van der Waals surface area contributed by atoms with Crippen molar-refractivity contribution in [1.29, 1.82) is 0 Å². The number of nitro groups is 1. The third-order valence-electron chi connectivity index (χ3n) is 4.71. The van der Waals surface area contributed by atoms with Gasteiger partial charge in [-0.1, -0.05) is 36.4 Å². The zero-order chi connectivity index (χ0) is 22.8. The van der Waals surface area contributed by atoms with Crippen LogP contribution in [0.15, 0.2) is 54.6 Å². The van der Waals surface area contributed by atoms with Gasteiger partial charge in [0.15, 0.2) is 5.92 Å². The van der Waals surface area contributed by atoms with Crippen molar-refractivity contribution in [2.24, 2.45) is 5.92 Å². The van der Waals surface area contributed by atoms with E-state index in [-0.39, 0.29) is 30.7 Å². The lowest BCUT2D eigenvalue weighted by atomic mass is 9.95. The van der Waals surface area contributed by atoms with Crippen LogP contribution in [0.25, 0.3) is 0 Å². The van der Waals surface area contributed by atoms with E-state index >= 15 is 0 Å². The van der Waals surface area contributed by atoms with Crippen LogP contribution in [0.2, 0.25) is 0 Å². The minimum atomic E-state index is -1.17. The molecule has 0 spiro atoms. The molecule has 9 nitrogen and oxygen atoms in total. The van der Waals surface area contributed by atoms with Gasteiger partial charge in [-0.25, -0.2) is 0 Å². The summed E-state index contributed by atoms with van der Waals surface area (Å²) in [7, 11) is 2.32. The van der Waals surface area contributed by atoms with Gasteiger partial charge in [-0.05, 0) is 18.1 Å². The fourth-order valence-corrected chi connectivity index (χ4v) is 3.10. The van der Waals surface area contributed by atoms with Crippen LogP contribution in [-0.4, -0.2) is 36.9 Å². The van der Waals surface area contributed by atoms with Crippen LogP contribution >= 0.6 is 0 Å². The zero-order valence-electron chi connectivity index (χ0n) is 17.3. The molecule has 1 atom stereocenters. The van der Waals surface area contributed by atoms with E-state index < -0.39 is 28.8 Å². The molecule has 0 amide bonds. The average Bonchev–Trinajstić information content (AvgIpc) is 2.79. The van der Waals surface area contributed by atoms with Crippen LogP contribution in [0.1, 0.15) is 30.9 Å². The van der Waals surface area contributed by atoms with Gasteiger partial charge in [0.25, 0.3) is 5.69 Å². The topological polar surface area (TPSA) is 125 Å². The Morgan fingerprint density at radius 1 is 1.00 bits per heavy atom. The molecule has 1 N–H and O–H groups in total. The van der Waals surface area contributed by atoms with Gasteiger partial charge in [0.1, 0.15) is 5.78 Å². The highest BCUT2D eigenvalue weighted by atomic mass is 16.6. The maximum Gasteiger partial charge on any atom is 0.320 e. The summed E-state index contributed by atoms with van der Waals surface area (Å²) < 4.78 is 9.22. The molecule has 2 aromatic rings. The first-order valence-electron chi connectivity index (χ1n) is 9.59. The molecule has 0 aliphatic carbocycles. The van der Waals surface area contributed by atoms with Crippen molar-refractivity contribution in [3.8, 4) is 0 Å². The Labute approximate surface area is 179 Å². The zero-order valence-corrected chi connectivity index (χ0v) is 17.3. The quantitative estimate of drug-likeness (QED) is 0.250. The smallest absolute Gasteiger partial charge is 0.320 e. The van der Waals surface area contributed by atoms with E-state index in [0.29, 0.717) is 5.69 Å². The van der Waals surface area contributed by atoms with E-state index in [9.17, 15) is 24.5 Å². The number of esters is 2. The maximum absolute atomic E-state index is 12.7. The van der Waals surface area contributed by atoms with Gasteiger partial charge in [0.2, 0.25) is 0 Å². The van der Waals surface area contributed by atoms with Gasteiger partial charge in [0, 0.05) is 30.7 Å². The fraction of sp³-hybridized carbons (Fsp3) is 0.318. The summed E-state index contributed by atoms with van der Waals surface area (Å²) in [5, 5.41) is 14.2. The predicted octanol–water partition coefficient (Wildman–Crippen LogP) is 3.45. The third kappa shape index (κ3) is 6.91.